The normalized spacial score (nSPS) is 27.1. The summed E-state index contributed by atoms with van der Waals surface area (Å²) in [6.07, 6.45) is 3.67. The molecule has 1 saturated carbocycles. The van der Waals surface area contributed by atoms with Crippen molar-refractivity contribution in [1.29, 1.82) is 0 Å². The highest BCUT2D eigenvalue weighted by Gasteiger charge is 2.27. The van der Waals surface area contributed by atoms with Crippen molar-refractivity contribution in [1.82, 2.24) is 0 Å². The number of nitrogens with two attached hydrogens (primary N) is 1. The van der Waals surface area contributed by atoms with Crippen molar-refractivity contribution in [2.24, 2.45) is 17.6 Å². The van der Waals surface area contributed by atoms with Gasteiger partial charge in [-0.05, 0) is 43.2 Å². The summed E-state index contributed by atoms with van der Waals surface area (Å²) in [7, 11) is 3.85. The van der Waals surface area contributed by atoms with E-state index in [0.717, 1.165) is 30.3 Å². The maximum absolute atomic E-state index is 6.28. The Morgan fingerprint density at radius 3 is 2.79 bits per heavy atom. The van der Waals surface area contributed by atoms with Crippen LogP contribution in [-0.2, 0) is 0 Å². The fraction of sp³-hybridized carbons (Fsp3) is 0.625. The quantitative estimate of drug-likeness (QED) is 0.906. The number of benzene rings is 1. The fourth-order valence-electron chi connectivity index (χ4n) is 3.13. The van der Waals surface area contributed by atoms with Crippen LogP contribution < -0.4 is 15.4 Å². The standard InChI is InChI=1S/C16H26N2O/c1-12-8-9-14(17)13(10-12)11-18(2)15-6-4-5-7-16(15)19-3/h4-7,12-14H,8-11,17H2,1-3H3. The third-order valence-electron chi connectivity index (χ3n) is 4.31. The zero-order chi connectivity index (χ0) is 13.8. The van der Waals surface area contributed by atoms with Crippen molar-refractivity contribution < 1.29 is 4.74 Å². The molecule has 0 aliphatic heterocycles. The summed E-state index contributed by atoms with van der Waals surface area (Å²) in [6.45, 7) is 3.34. The first-order valence-corrected chi connectivity index (χ1v) is 7.21. The van der Waals surface area contributed by atoms with Crippen molar-refractivity contribution >= 4 is 5.69 Å². The number of rotatable bonds is 4. The summed E-state index contributed by atoms with van der Waals surface area (Å²) in [4.78, 5) is 2.28. The van der Waals surface area contributed by atoms with Gasteiger partial charge in [0.15, 0.2) is 0 Å². The molecule has 0 spiro atoms. The first-order chi connectivity index (χ1) is 9.11. The Hall–Kier alpha value is -1.22. The van der Waals surface area contributed by atoms with E-state index in [2.05, 4.69) is 31.0 Å². The Kier molecular flexibility index (Phi) is 4.70. The van der Waals surface area contributed by atoms with Crippen LogP contribution in [-0.4, -0.2) is 26.7 Å². The van der Waals surface area contributed by atoms with Crippen LogP contribution in [0.25, 0.3) is 0 Å². The molecule has 1 aromatic carbocycles. The van der Waals surface area contributed by atoms with Gasteiger partial charge in [-0.3, -0.25) is 0 Å². The summed E-state index contributed by atoms with van der Waals surface area (Å²) in [5.74, 6) is 2.32. The Labute approximate surface area is 116 Å². The van der Waals surface area contributed by atoms with Crippen LogP contribution in [0.2, 0.25) is 0 Å². The number of nitrogens with zero attached hydrogens (tertiary/aromatic N) is 1. The van der Waals surface area contributed by atoms with E-state index >= 15 is 0 Å². The summed E-state index contributed by atoms with van der Waals surface area (Å²) in [6, 6.07) is 8.52. The van der Waals surface area contributed by atoms with Crippen LogP contribution in [0.5, 0.6) is 5.75 Å². The van der Waals surface area contributed by atoms with Crippen LogP contribution in [0, 0.1) is 11.8 Å². The van der Waals surface area contributed by atoms with Gasteiger partial charge in [-0.1, -0.05) is 19.1 Å². The van der Waals surface area contributed by atoms with Crippen molar-refractivity contribution in [3.63, 3.8) is 0 Å². The van der Waals surface area contributed by atoms with Gasteiger partial charge in [0, 0.05) is 19.6 Å². The SMILES string of the molecule is COc1ccccc1N(C)CC1CC(C)CCC1N. The number of anilines is 1. The topological polar surface area (TPSA) is 38.5 Å². The number of methoxy groups -OCH3 is 1. The molecule has 1 aromatic rings. The number of ether oxygens (including phenoxy) is 1. The minimum absolute atomic E-state index is 0.341. The van der Waals surface area contributed by atoms with Crippen molar-refractivity contribution in [3.8, 4) is 5.75 Å². The third kappa shape index (κ3) is 3.41. The first-order valence-electron chi connectivity index (χ1n) is 7.21. The molecule has 2 N–H and O–H groups in total. The van der Waals surface area contributed by atoms with E-state index in [4.69, 9.17) is 10.5 Å². The zero-order valence-electron chi connectivity index (χ0n) is 12.3. The highest BCUT2D eigenvalue weighted by Crippen LogP contribution is 2.32. The van der Waals surface area contributed by atoms with E-state index in [1.54, 1.807) is 7.11 Å². The summed E-state index contributed by atoms with van der Waals surface area (Å²) in [5.41, 5.74) is 7.43. The zero-order valence-corrected chi connectivity index (χ0v) is 12.3. The minimum Gasteiger partial charge on any atom is -0.495 e. The van der Waals surface area contributed by atoms with Gasteiger partial charge in [0.1, 0.15) is 5.75 Å². The van der Waals surface area contributed by atoms with E-state index < -0.39 is 0 Å². The van der Waals surface area contributed by atoms with Gasteiger partial charge in [0.2, 0.25) is 0 Å². The molecule has 106 valence electrons. The van der Waals surface area contributed by atoms with Crippen molar-refractivity contribution in [2.45, 2.75) is 32.2 Å². The molecule has 19 heavy (non-hydrogen) atoms. The molecule has 1 fully saturated rings. The molecule has 3 atom stereocenters. The van der Waals surface area contributed by atoms with Crippen molar-refractivity contribution in [2.75, 3.05) is 25.6 Å². The molecule has 0 bridgehead atoms. The van der Waals surface area contributed by atoms with Crippen LogP contribution in [0.3, 0.4) is 0 Å². The van der Waals surface area contributed by atoms with Crippen molar-refractivity contribution in [3.05, 3.63) is 24.3 Å². The van der Waals surface area contributed by atoms with E-state index in [1.165, 1.54) is 12.8 Å². The van der Waals surface area contributed by atoms with Gasteiger partial charge in [0.25, 0.3) is 0 Å². The molecule has 3 heteroatoms. The lowest BCUT2D eigenvalue weighted by Gasteiger charge is -2.36. The monoisotopic (exact) mass is 262 g/mol. The lowest BCUT2D eigenvalue weighted by atomic mass is 9.79. The molecule has 1 aliphatic rings. The summed E-state index contributed by atoms with van der Waals surface area (Å²) in [5, 5.41) is 0. The Balaban J connectivity index is 2.05. The molecule has 1 aliphatic carbocycles. The number of hydrogen-bond acceptors (Lipinski definition) is 3. The first kappa shape index (κ1) is 14.2. The van der Waals surface area contributed by atoms with Crippen LogP contribution >= 0.6 is 0 Å². The largest absolute Gasteiger partial charge is 0.495 e. The lowest BCUT2D eigenvalue weighted by Crippen LogP contribution is -2.42. The average Bonchev–Trinajstić information content (AvgIpc) is 2.42. The molecule has 0 radical (unpaired) electrons. The smallest absolute Gasteiger partial charge is 0.142 e. The fourth-order valence-corrected chi connectivity index (χ4v) is 3.13. The number of para-hydroxylation sites is 2. The third-order valence-corrected chi connectivity index (χ3v) is 4.31. The molecule has 0 amide bonds. The molecule has 0 aromatic heterocycles. The predicted octanol–water partition coefficient (Wildman–Crippen LogP) is 2.89. The van der Waals surface area contributed by atoms with Gasteiger partial charge in [-0.25, -0.2) is 0 Å². The lowest BCUT2D eigenvalue weighted by molar-refractivity contribution is 0.249. The molecule has 0 heterocycles. The van der Waals surface area contributed by atoms with E-state index in [9.17, 15) is 0 Å². The molecule has 2 rings (SSSR count). The Bertz CT molecular complexity index is 407. The van der Waals surface area contributed by atoms with Crippen LogP contribution in [0.1, 0.15) is 26.2 Å². The summed E-state index contributed by atoms with van der Waals surface area (Å²) >= 11 is 0. The van der Waals surface area contributed by atoms with E-state index in [-0.39, 0.29) is 0 Å². The second-order valence-corrected chi connectivity index (χ2v) is 5.89. The van der Waals surface area contributed by atoms with Gasteiger partial charge >= 0.3 is 0 Å². The molecule has 3 nitrogen and oxygen atoms in total. The maximum atomic E-state index is 6.28. The predicted molar refractivity (Wildman–Crippen MR) is 80.7 cm³/mol. The highest BCUT2D eigenvalue weighted by molar-refractivity contribution is 5.57. The van der Waals surface area contributed by atoms with E-state index in [0.29, 0.717) is 12.0 Å². The minimum atomic E-state index is 0.341. The van der Waals surface area contributed by atoms with E-state index in [1.807, 2.05) is 12.1 Å². The highest BCUT2D eigenvalue weighted by atomic mass is 16.5. The molecule has 3 unspecified atom stereocenters. The second-order valence-electron chi connectivity index (χ2n) is 5.89. The summed E-state index contributed by atoms with van der Waals surface area (Å²) < 4.78 is 5.43. The number of hydrogen-bond donors (Lipinski definition) is 1. The maximum Gasteiger partial charge on any atom is 0.142 e. The second kappa shape index (κ2) is 6.29. The van der Waals surface area contributed by atoms with Crippen LogP contribution in [0.4, 0.5) is 5.69 Å². The van der Waals surface area contributed by atoms with Gasteiger partial charge in [-0.15, -0.1) is 0 Å². The van der Waals surface area contributed by atoms with Gasteiger partial charge in [-0.2, -0.15) is 0 Å². The molecular weight excluding hydrogens is 236 g/mol. The Morgan fingerprint density at radius 1 is 1.32 bits per heavy atom. The van der Waals surface area contributed by atoms with Crippen LogP contribution in [0.15, 0.2) is 24.3 Å². The van der Waals surface area contributed by atoms with Gasteiger partial charge < -0.3 is 15.4 Å². The molecular formula is C16H26N2O. The van der Waals surface area contributed by atoms with Gasteiger partial charge in [0.05, 0.1) is 12.8 Å². The Morgan fingerprint density at radius 2 is 2.05 bits per heavy atom. The average molecular weight is 262 g/mol. The molecule has 0 saturated heterocycles.